The van der Waals surface area contributed by atoms with Gasteiger partial charge in [-0.05, 0) is 128 Å². The molecule has 0 aliphatic heterocycles. The van der Waals surface area contributed by atoms with Crippen LogP contribution in [0.15, 0.2) is 60.7 Å². The summed E-state index contributed by atoms with van der Waals surface area (Å²) in [7, 11) is 0. The van der Waals surface area contributed by atoms with E-state index in [0.717, 1.165) is 54.6 Å². The summed E-state index contributed by atoms with van der Waals surface area (Å²) in [6, 6.07) is 7.26. The minimum absolute atomic E-state index is 0.0276. The molecule has 9 atom stereocenters. The molecule has 230 valence electrons. The third kappa shape index (κ3) is 5.91. The molecule has 0 bridgehead atoms. The maximum absolute atomic E-state index is 13.0. The molecule has 42 heavy (non-hydrogen) atoms. The van der Waals surface area contributed by atoms with Gasteiger partial charge < -0.3 is 9.47 Å². The summed E-state index contributed by atoms with van der Waals surface area (Å²) in [5, 5.41) is 0. The Kier molecular flexibility index (Phi) is 9.45. The van der Waals surface area contributed by atoms with E-state index in [1.54, 1.807) is 23.8 Å². The van der Waals surface area contributed by atoms with Crippen LogP contribution >= 0.6 is 0 Å². The monoisotopic (exact) mass is 572 g/mol. The number of hydrogen-bond acceptors (Lipinski definition) is 3. The minimum Gasteiger partial charge on any atom is -0.490 e. The van der Waals surface area contributed by atoms with E-state index in [1.165, 1.54) is 38.5 Å². The first kappa shape index (κ1) is 31.1. The van der Waals surface area contributed by atoms with E-state index in [1.807, 2.05) is 12.1 Å². The summed E-state index contributed by atoms with van der Waals surface area (Å²) in [6.07, 6.45) is 20.4. The van der Waals surface area contributed by atoms with Crippen LogP contribution < -0.4 is 4.74 Å². The molecule has 1 aromatic rings. The second kappa shape index (κ2) is 12.7. The van der Waals surface area contributed by atoms with Crippen LogP contribution in [0.1, 0.15) is 110 Å². The average Bonchev–Trinajstić information content (AvgIpc) is 3.34. The lowest BCUT2D eigenvalue weighted by Gasteiger charge is -2.58. The largest absolute Gasteiger partial charge is 0.490 e. The highest BCUT2D eigenvalue weighted by Crippen LogP contribution is 2.67. The molecule has 3 fully saturated rings. The van der Waals surface area contributed by atoms with Crippen LogP contribution in [0.4, 0.5) is 0 Å². The second-order valence-electron chi connectivity index (χ2n) is 14.9. The molecule has 3 saturated carbocycles. The van der Waals surface area contributed by atoms with Crippen molar-refractivity contribution in [2.75, 3.05) is 6.61 Å². The van der Waals surface area contributed by atoms with Gasteiger partial charge in [0.25, 0.3) is 0 Å². The van der Waals surface area contributed by atoms with E-state index in [2.05, 4.69) is 66.3 Å². The Morgan fingerprint density at radius 1 is 1.02 bits per heavy atom. The Morgan fingerprint density at radius 2 is 1.79 bits per heavy atom. The number of esters is 1. The van der Waals surface area contributed by atoms with E-state index in [0.29, 0.717) is 29.4 Å². The normalized spacial score (nSPS) is 35.5. The molecule has 0 unspecified atom stereocenters. The lowest BCUT2D eigenvalue weighted by molar-refractivity contribution is -0.0565. The lowest BCUT2D eigenvalue weighted by atomic mass is 9.47. The number of ether oxygens (including phenoxy) is 2. The molecule has 0 N–H and O–H groups in total. The lowest BCUT2D eigenvalue weighted by Crippen LogP contribution is -2.51. The zero-order valence-electron chi connectivity index (χ0n) is 27.2. The topological polar surface area (TPSA) is 35.5 Å². The number of carbonyl (C=O) groups excluding carboxylic acids is 1. The van der Waals surface area contributed by atoms with Crippen molar-refractivity contribution >= 4 is 5.97 Å². The highest BCUT2D eigenvalue weighted by atomic mass is 16.5. The van der Waals surface area contributed by atoms with Crippen molar-refractivity contribution in [3.05, 3.63) is 66.3 Å². The summed E-state index contributed by atoms with van der Waals surface area (Å²) in [4.78, 5) is 13.0. The molecule has 4 aliphatic carbocycles. The Labute approximate surface area is 256 Å². The standard InChI is InChI=1S/C39H56O3/c1-8-24-41-31-15-12-29(13-16-31)37(40)42-32-20-22-38(6)30(25-32)14-17-33-35-19-18-34(39(35,7)23-21-36(33)38)27(5)10-11-28(9-2)26(3)4/h8,10-16,26-28,32-36H,1,9,17-25H2,2-7H3/b11-10+/t27-,28-,32-,33+,34+,35+,36+,38+,39-/m1/s1. The summed E-state index contributed by atoms with van der Waals surface area (Å²) >= 11 is 0. The van der Waals surface area contributed by atoms with Crippen LogP contribution in [-0.2, 0) is 4.74 Å². The number of rotatable bonds is 10. The maximum Gasteiger partial charge on any atom is 0.338 e. The quantitative estimate of drug-likeness (QED) is 0.207. The maximum atomic E-state index is 13.0. The first-order valence-electron chi connectivity index (χ1n) is 17.0. The fraction of sp³-hybridized carbons (Fsp3) is 0.667. The van der Waals surface area contributed by atoms with Crippen LogP contribution in [0.2, 0.25) is 0 Å². The number of hydrogen-bond donors (Lipinski definition) is 0. The second-order valence-corrected chi connectivity index (χ2v) is 14.9. The summed E-state index contributed by atoms with van der Waals surface area (Å²) in [5.74, 6) is 5.82. The smallest absolute Gasteiger partial charge is 0.338 e. The Balaban J connectivity index is 1.23. The molecular weight excluding hydrogens is 516 g/mol. The van der Waals surface area contributed by atoms with Crippen molar-refractivity contribution in [3.8, 4) is 5.75 Å². The third-order valence-corrected chi connectivity index (χ3v) is 12.5. The van der Waals surface area contributed by atoms with Crippen molar-refractivity contribution in [1.29, 1.82) is 0 Å². The zero-order chi connectivity index (χ0) is 30.1. The molecule has 0 saturated heterocycles. The number of fused-ring (bicyclic) bond motifs is 5. The molecule has 1 aromatic carbocycles. The van der Waals surface area contributed by atoms with E-state index in [4.69, 9.17) is 9.47 Å². The van der Waals surface area contributed by atoms with E-state index >= 15 is 0 Å². The van der Waals surface area contributed by atoms with Crippen molar-refractivity contribution in [2.24, 2.45) is 52.3 Å². The average molecular weight is 573 g/mol. The molecule has 0 radical (unpaired) electrons. The van der Waals surface area contributed by atoms with Gasteiger partial charge in [-0.2, -0.15) is 0 Å². The first-order valence-corrected chi connectivity index (χ1v) is 17.0. The van der Waals surface area contributed by atoms with Gasteiger partial charge in [0, 0.05) is 6.42 Å². The molecule has 0 amide bonds. The van der Waals surface area contributed by atoms with Crippen LogP contribution in [0.3, 0.4) is 0 Å². The predicted molar refractivity (Wildman–Crippen MR) is 173 cm³/mol. The first-order chi connectivity index (χ1) is 20.1. The minimum atomic E-state index is -0.222. The van der Waals surface area contributed by atoms with E-state index in [9.17, 15) is 4.79 Å². The molecule has 0 heterocycles. The molecule has 3 heteroatoms. The summed E-state index contributed by atoms with van der Waals surface area (Å²) in [6.45, 7) is 18.9. The third-order valence-electron chi connectivity index (χ3n) is 12.5. The Hall–Kier alpha value is -2.29. The Bertz CT molecular complexity index is 1160. The van der Waals surface area contributed by atoms with Gasteiger partial charge in [-0.1, -0.05) is 78.0 Å². The summed E-state index contributed by atoms with van der Waals surface area (Å²) in [5.41, 5.74) is 2.88. The van der Waals surface area contributed by atoms with Gasteiger partial charge in [0.05, 0.1) is 5.56 Å². The number of carbonyl (C=O) groups is 1. The van der Waals surface area contributed by atoms with Gasteiger partial charge in [0.2, 0.25) is 0 Å². The molecule has 5 rings (SSSR count). The van der Waals surface area contributed by atoms with Crippen molar-refractivity contribution in [2.45, 2.75) is 105 Å². The Morgan fingerprint density at radius 3 is 2.48 bits per heavy atom. The molecule has 4 aliphatic rings. The van der Waals surface area contributed by atoms with Crippen LogP contribution in [0.25, 0.3) is 0 Å². The van der Waals surface area contributed by atoms with Crippen LogP contribution in [0.5, 0.6) is 5.75 Å². The van der Waals surface area contributed by atoms with Gasteiger partial charge in [0.1, 0.15) is 18.5 Å². The zero-order valence-corrected chi connectivity index (χ0v) is 27.2. The molecule has 0 aromatic heterocycles. The fourth-order valence-corrected chi connectivity index (χ4v) is 9.98. The van der Waals surface area contributed by atoms with Crippen LogP contribution in [-0.4, -0.2) is 18.7 Å². The van der Waals surface area contributed by atoms with Crippen molar-refractivity contribution in [1.82, 2.24) is 0 Å². The summed E-state index contributed by atoms with van der Waals surface area (Å²) < 4.78 is 11.6. The van der Waals surface area contributed by atoms with Gasteiger partial charge in [-0.25, -0.2) is 4.79 Å². The van der Waals surface area contributed by atoms with Crippen molar-refractivity contribution < 1.29 is 14.3 Å². The molecule has 3 nitrogen and oxygen atoms in total. The number of benzene rings is 1. The van der Waals surface area contributed by atoms with Crippen molar-refractivity contribution in [3.63, 3.8) is 0 Å². The van der Waals surface area contributed by atoms with Crippen LogP contribution in [0, 0.1) is 52.3 Å². The predicted octanol–water partition coefficient (Wildman–Crippen LogP) is 10.2. The number of allylic oxidation sites excluding steroid dienone is 3. The van der Waals surface area contributed by atoms with Gasteiger partial charge in [0.15, 0.2) is 0 Å². The fourth-order valence-electron chi connectivity index (χ4n) is 9.98. The molecule has 0 spiro atoms. The highest BCUT2D eigenvalue weighted by Gasteiger charge is 2.59. The van der Waals surface area contributed by atoms with E-state index < -0.39 is 0 Å². The van der Waals surface area contributed by atoms with Gasteiger partial charge in [-0.3, -0.25) is 0 Å². The van der Waals surface area contributed by atoms with Gasteiger partial charge >= 0.3 is 5.97 Å². The van der Waals surface area contributed by atoms with E-state index in [-0.39, 0.29) is 17.5 Å². The molecular formula is C39H56O3. The SMILES string of the molecule is C=CCOc1ccc(C(=O)O[C@@H]2CC[C@@]3(C)C(=CC[C@H]4[C@@H]5CC[C@@H]([C@H](C)/C=C/[C@@H](CC)C(C)C)[C@@]5(C)CC[C@@H]43)C2)cc1. The highest BCUT2D eigenvalue weighted by molar-refractivity contribution is 5.89. The van der Waals surface area contributed by atoms with Gasteiger partial charge in [-0.15, -0.1) is 0 Å².